The van der Waals surface area contributed by atoms with Crippen LogP contribution in [0.3, 0.4) is 0 Å². The summed E-state index contributed by atoms with van der Waals surface area (Å²) in [5.41, 5.74) is 0.489. The third-order valence-corrected chi connectivity index (χ3v) is 4.29. The number of carbonyl (C=O) groups excluding carboxylic acids is 1. The van der Waals surface area contributed by atoms with Crippen molar-refractivity contribution in [2.24, 2.45) is 5.92 Å². The zero-order chi connectivity index (χ0) is 13.9. The SMILES string of the molecule is CCCc1csc(NC(=O)NC(C)(CO)C2CC2)n1. The maximum absolute atomic E-state index is 11.9. The molecule has 0 radical (unpaired) electrons. The number of rotatable bonds is 6. The molecule has 1 heterocycles. The van der Waals surface area contributed by atoms with Gasteiger partial charge in [0.2, 0.25) is 0 Å². The van der Waals surface area contributed by atoms with Crippen molar-refractivity contribution in [3.05, 3.63) is 11.1 Å². The van der Waals surface area contributed by atoms with Gasteiger partial charge in [-0.3, -0.25) is 5.32 Å². The Bertz CT molecular complexity index is 445. The highest BCUT2D eigenvalue weighted by molar-refractivity contribution is 7.13. The first-order valence-electron chi connectivity index (χ1n) is 6.72. The molecule has 106 valence electrons. The van der Waals surface area contributed by atoms with Crippen LogP contribution in [-0.2, 0) is 6.42 Å². The summed E-state index contributed by atoms with van der Waals surface area (Å²) in [6.45, 7) is 3.94. The predicted octanol–water partition coefficient (Wildman–Crippen LogP) is 2.38. The van der Waals surface area contributed by atoms with E-state index in [0.717, 1.165) is 31.4 Å². The van der Waals surface area contributed by atoms with Crippen LogP contribution in [0.15, 0.2) is 5.38 Å². The minimum absolute atomic E-state index is 0.0377. The molecule has 6 heteroatoms. The first-order chi connectivity index (χ1) is 9.07. The smallest absolute Gasteiger partial charge is 0.321 e. The molecule has 2 rings (SSSR count). The molecule has 19 heavy (non-hydrogen) atoms. The molecule has 0 aromatic carbocycles. The normalized spacial score (nSPS) is 17.8. The van der Waals surface area contributed by atoms with Crippen LogP contribution in [0.4, 0.5) is 9.93 Å². The summed E-state index contributed by atoms with van der Waals surface area (Å²) in [4.78, 5) is 16.3. The van der Waals surface area contributed by atoms with Gasteiger partial charge in [-0.25, -0.2) is 9.78 Å². The Labute approximate surface area is 117 Å². The highest BCUT2D eigenvalue weighted by atomic mass is 32.1. The van der Waals surface area contributed by atoms with Crippen LogP contribution in [0.25, 0.3) is 0 Å². The molecule has 1 atom stereocenters. The van der Waals surface area contributed by atoms with Crippen LogP contribution in [0.5, 0.6) is 0 Å². The Balaban J connectivity index is 1.89. The number of amides is 2. The van der Waals surface area contributed by atoms with E-state index in [2.05, 4.69) is 22.5 Å². The zero-order valence-corrected chi connectivity index (χ0v) is 12.2. The van der Waals surface area contributed by atoms with Crippen LogP contribution in [0, 0.1) is 5.92 Å². The number of aliphatic hydroxyl groups excluding tert-OH is 1. The molecule has 3 N–H and O–H groups in total. The van der Waals surface area contributed by atoms with Crippen LogP contribution in [0.2, 0.25) is 0 Å². The summed E-state index contributed by atoms with van der Waals surface area (Å²) in [7, 11) is 0. The van der Waals surface area contributed by atoms with Gasteiger partial charge in [-0.05, 0) is 32.1 Å². The molecule has 5 nitrogen and oxygen atoms in total. The number of urea groups is 1. The van der Waals surface area contributed by atoms with Crippen LogP contribution >= 0.6 is 11.3 Å². The van der Waals surface area contributed by atoms with Gasteiger partial charge in [0.15, 0.2) is 5.13 Å². The molecule has 0 bridgehead atoms. The quantitative estimate of drug-likeness (QED) is 0.750. The molecule has 1 aliphatic carbocycles. The molecule has 0 spiro atoms. The van der Waals surface area contributed by atoms with Gasteiger partial charge < -0.3 is 10.4 Å². The van der Waals surface area contributed by atoms with Crippen molar-refractivity contribution >= 4 is 22.5 Å². The average Bonchev–Trinajstić information content (AvgIpc) is 3.14. The number of aromatic nitrogens is 1. The van der Waals surface area contributed by atoms with E-state index in [4.69, 9.17) is 0 Å². The Morgan fingerprint density at radius 2 is 2.37 bits per heavy atom. The lowest BCUT2D eigenvalue weighted by Gasteiger charge is -2.28. The van der Waals surface area contributed by atoms with E-state index in [1.165, 1.54) is 11.3 Å². The fraction of sp³-hybridized carbons (Fsp3) is 0.692. The molecule has 0 saturated heterocycles. The lowest BCUT2D eigenvalue weighted by Crippen LogP contribution is -2.52. The van der Waals surface area contributed by atoms with Gasteiger partial charge >= 0.3 is 6.03 Å². The van der Waals surface area contributed by atoms with Crippen molar-refractivity contribution < 1.29 is 9.90 Å². The third kappa shape index (κ3) is 3.67. The Hall–Kier alpha value is -1.14. The molecule has 1 aliphatic rings. The van der Waals surface area contributed by atoms with Crippen LogP contribution in [0.1, 0.15) is 38.8 Å². The minimum Gasteiger partial charge on any atom is -0.394 e. The Morgan fingerprint density at radius 3 is 2.95 bits per heavy atom. The van der Waals surface area contributed by atoms with E-state index in [-0.39, 0.29) is 12.6 Å². The maximum atomic E-state index is 11.9. The molecule has 0 aliphatic heterocycles. The molecule has 1 aromatic rings. The summed E-state index contributed by atoms with van der Waals surface area (Å²) in [5.74, 6) is 0.384. The van der Waals surface area contributed by atoms with Crippen molar-refractivity contribution in [1.82, 2.24) is 10.3 Å². The van der Waals surface area contributed by atoms with E-state index < -0.39 is 5.54 Å². The molecule has 2 amide bonds. The van der Waals surface area contributed by atoms with E-state index >= 15 is 0 Å². The van der Waals surface area contributed by atoms with Crippen molar-refractivity contribution in [1.29, 1.82) is 0 Å². The number of anilines is 1. The number of hydrogen-bond acceptors (Lipinski definition) is 4. The molecule has 1 unspecified atom stereocenters. The summed E-state index contributed by atoms with van der Waals surface area (Å²) in [6.07, 6.45) is 4.10. The zero-order valence-electron chi connectivity index (χ0n) is 11.4. The van der Waals surface area contributed by atoms with E-state index in [9.17, 15) is 9.90 Å². The standard InChI is InChI=1S/C13H21N3O2S/c1-3-4-10-7-19-12(14-10)15-11(18)16-13(2,8-17)9-5-6-9/h7,9,17H,3-6,8H2,1-2H3,(H2,14,15,16,18). The van der Waals surface area contributed by atoms with Gasteiger partial charge in [0, 0.05) is 5.38 Å². The summed E-state index contributed by atoms with van der Waals surface area (Å²) in [6, 6.07) is -0.291. The largest absolute Gasteiger partial charge is 0.394 e. The lowest BCUT2D eigenvalue weighted by molar-refractivity contribution is 0.159. The first kappa shape index (κ1) is 14.3. The minimum atomic E-state index is -0.520. The van der Waals surface area contributed by atoms with Crippen molar-refractivity contribution in [3.8, 4) is 0 Å². The molecule has 1 saturated carbocycles. The van der Waals surface area contributed by atoms with Gasteiger partial charge in [-0.1, -0.05) is 13.3 Å². The van der Waals surface area contributed by atoms with Crippen LogP contribution in [-0.4, -0.2) is 28.3 Å². The highest BCUT2D eigenvalue weighted by Gasteiger charge is 2.42. The second-order valence-corrected chi connectivity index (χ2v) is 6.18. The number of hydrogen-bond donors (Lipinski definition) is 3. The monoisotopic (exact) mass is 283 g/mol. The predicted molar refractivity (Wildman–Crippen MR) is 76.5 cm³/mol. The lowest BCUT2D eigenvalue weighted by atomic mass is 9.97. The molecular weight excluding hydrogens is 262 g/mol. The summed E-state index contributed by atoms with van der Waals surface area (Å²) >= 11 is 1.43. The number of aliphatic hydroxyl groups is 1. The topological polar surface area (TPSA) is 74.2 Å². The summed E-state index contributed by atoms with van der Waals surface area (Å²) < 4.78 is 0. The fourth-order valence-corrected chi connectivity index (χ4v) is 2.85. The number of thiazole rings is 1. The first-order valence-corrected chi connectivity index (χ1v) is 7.60. The van der Waals surface area contributed by atoms with Gasteiger partial charge in [0.05, 0.1) is 17.8 Å². The number of carbonyl (C=O) groups is 1. The highest BCUT2D eigenvalue weighted by Crippen LogP contribution is 2.39. The number of nitrogens with one attached hydrogen (secondary N) is 2. The fourth-order valence-electron chi connectivity index (χ4n) is 2.11. The molecule has 1 aromatic heterocycles. The Morgan fingerprint density at radius 1 is 1.63 bits per heavy atom. The van der Waals surface area contributed by atoms with Crippen molar-refractivity contribution in [2.75, 3.05) is 11.9 Å². The number of aryl methyl sites for hydroxylation is 1. The van der Waals surface area contributed by atoms with E-state index in [0.29, 0.717) is 11.0 Å². The van der Waals surface area contributed by atoms with Gasteiger partial charge in [-0.2, -0.15) is 0 Å². The second-order valence-electron chi connectivity index (χ2n) is 5.32. The van der Waals surface area contributed by atoms with Crippen molar-refractivity contribution in [3.63, 3.8) is 0 Å². The van der Waals surface area contributed by atoms with Gasteiger partial charge in [0.25, 0.3) is 0 Å². The van der Waals surface area contributed by atoms with E-state index in [1.807, 2.05) is 12.3 Å². The molecule has 1 fully saturated rings. The van der Waals surface area contributed by atoms with Crippen LogP contribution < -0.4 is 10.6 Å². The number of nitrogens with zero attached hydrogens (tertiary/aromatic N) is 1. The molecular formula is C13H21N3O2S. The summed E-state index contributed by atoms with van der Waals surface area (Å²) in [5, 5.41) is 17.6. The average molecular weight is 283 g/mol. The van der Waals surface area contributed by atoms with E-state index in [1.54, 1.807) is 0 Å². The second kappa shape index (κ2) is 5.88. The Kier molecular flexibility index (Phi) is 4.42. The van der Waals surface area contributed by atoms with Crippen molar-refractivity contribution in [2.45, 2.75) is 45.1 Å². The van der Waals surface area contributed by atoms with Gasteiger partial charge in [-0.15, -0.1) is 11.3 Å². The van der Waals surface area contributed by atoms with Gasteiger partial charge in [0.1, 0.15) is 0 Å². The maximum Gasteiger partial charge on any atom is 0.321 e. The third-order valence-electron chi connectivity index (χ3n) is 3.48.